The lowest BCUT2D eigenvalue weighted by atomic mass is 10.4. The smallest absolute Gasteiger partial charge is 0.467 e. The van der Waals surface area contributed by atoms with Crippen LogP contribution < -0.4 is 19.1 Å². The average Bonchev–Trinajstić information content (AvgIpc) is 2.45. The van der Waals surface area contributed by atoms with E-state index in [4.69, 9.17) is 18.7 Å². The zero-order chi connectivity index (χ0) is 16.7. The van der Waals surface area contributed by atoms with E-state index in [0.29, 0.717) is 0 Å². The SMILES string of the molecule is COc1nc(OC)nc(O[P+](=O)N[C@@H](C)C(=O)OC(C)C)n1. The van der Waals surface area contributed by atoms with Crippen LogP contribution in [-0.2, 0) is 14.1 Å². The lowest BCUT2D eigenvalue weighted by Crippen LogP contribution is -2.33. The van der Waals surface area contributed by atoms with Gasteiger partial charge >= 0.3 is 32.2 Å². The Bertz CT molecular complexity index is 519. The summed E-state index contributed by atoms with van der Waals surface area (Å²) >= 11 is 0. The minimum absolute atomic E-state index is 0.0579. The first-order valence-corrected chi connectivity index (χ1v) is 7.49. The molecule has 0 spiro atoms. The molecule has 0 amide bonds. The van der Waals surface area contributed by atoms with Gasteiger partial charge in [0.25, 0.3) is 0 Å². The van der Waals surface area contributed by atoms with Gasteiger partial charge in [0, 0.05) is 4.57 Å². The zero-order valence-electron chi connectivity index (χ0n) is 12.9. The van der Waals surface area contributed by atoms with Crippen molar-refractivity contribution in [2.45, 2.75) is 32.9 Å². The van der Waals surface area contributed by atoms with Gasteiger partial charge in [-0.1, -0.05) is 5.09 Å². The summed E-state index contributed by atoms with van der Waals surface area (Å²) in [7, 11) is 0.243. The van der Waals surface area contributed by atoms with E-state index in [-0.39, 0.29) is 24.1 Å². The molecule has 0 saturated carbocycles. The Morgan fingerprint density at radius 2 is 1.55 bits per heavy atom. The molecule has 122 valence electrons. The molecule has 1 aromatic heterocycles. The molecule has 1 aromatic rings. The summed E-state index contributed by atoms with van der Waals surface area (Å²) in [5.74, 6) is -0.548. The number of hydrogen-bond donors (Lipinski definition) is 1. The van der Waals surface area contributed by atoms with Crippen molar-refractivity contribution in [3.8, 4) is 18.0 Å². The highest BCUT2D eigenvalue weighted by Gasteiger charge is 2.30. The Balaban J connectivity index is 2.66. The minimum Gasteiger partial charge on any atom is -0.467 e. The standard InChI is InChI=1S/C11H18N4O6P/c1-6(2)20-8(16)7(3)15-22(17)21-11-13-9(18-4)12-10(14-11)19-5/h6-7H,1-5H3,(H,15,17)/q+1/t7-/m0/s1. The van der Waals surface area contributed by atoms with Crippen LogP contribution in [0.15, 0.2) is 0 Å². The van der Waals surface area contributed by atoms with Crippen molar-refractivity contribution in [2.75, 3.05) is 14.2 Å². The number of carbonyl (C=O) groups is 1. The number of methoxy groups -OCH3 is 2. The Hall–Kier alpha value is -2.06. The van der Waals surface area contributed by atoms with E-state index in [0.717, 1.165) is 0 Å². The molecule has 10 nitrogen and oxygen atoms in total. The molecule has 0 aliphatic heterocycles. The monoisotopic (exact) mass is 333 g/mol. The highest BCUT2D eigenvalue weighted by molar-refractivity contribution is 7.37. The molecule has 0 bridgehead atoms. The number of nitrogens with zero attached hydrogens (tertiary/aromatic N) is 3. The van der Waals surface area contributed by atoms with Crippen molar-refractivity contribution in [3.63, 3.8) is 0 Å². The molecular formula is C11H18N4O6P+. The first-order chi connectivity index (χ1) is 10.3. The van der Waals surface area contributed by atoms with Crippen molar-refractivity contribution in [1.82, 2.24) is 20.0 Å². The summed E-state index contributed by atoms with van der Waals surface area (Å²) in [6.07, 6.45) is -0.271. The fourth-order valence-electron chi connectivity index (χ4n) is 1.19. The van der Waals surface area contributed by atoms with Gasteiger partial charge in [0.05, 0.1) is 20.3 Å². The maximum Gasteiger partial charge on any atom is 0.667 e. The van der Waals surface area contributed by atoms with Crippen LogP contribution in [0.25, 0.3) is 0 Å². The summed E-state index contributed by atoms with van der Waals surface area (Å²) in [6.45, 7) is 4.92. The second kappa shape index (κ2) is 8.40. The van der Waals surface area contributed by atoms with Gasteiger partial charge in [0.2, 0.25) is 0 Å². The van der Waals surface area contributed by atoms with Crippen molar-refractivity contribution in [1.29, 1.82) is 0 Å². The quantitative estimate of drug-likeness (QED) is 0.541. The van der Waals surface area contributed by atoms with Crippen LogP contribution in [-0.4, -0.2) is 47.3 Å². The van der Waals surface area contributed by atoms with Crippen LogP contribution in [0.2, 0.25) is 0 Å². The first-order valence-electron chi connectivity index (χ1n) is 6.31. The number of nitrogens with one attached hydrogen (secondary N) is 1. The number of carbonyl (C=O) groups excluding carboxylic acids is 1. The summed E-state index contributed by atoms with van der Waals surface area (Å²) in [5, 5.41) is 2.44. The number of hydrogen-bond acceptors (Lipinski definition) is 9. The molecule has 1 unspecified atom stereocenters. The van der Waals surface area contributed by atoms with Gasteiger partial charge in [-0.2, -0.15) is 4.52 Å². The number of ether oxygens (including phenoxy) is 3. The molecule has 0 radical (unpaired) electrons. The summed E-state index contributed by atoms with van der Waals surface area (Å²) in [5.41, 5.74) is 0. The van der Waals surface area contributed by atoms with Gasteiger partial charge < -0.3 is 14.2 Å². The largest absolute Gasteiger partial charge is 0.667 e. The van der Waals surface area contributed by atoms with Crippen LogP contribution >= 0.6 is 8.18 Å². The summed E-state index contributed by atoms with van der Waals surface area (Å²) < 4.78 is 31.5. The number of rotatable bonds is 8. The molecule has 1 rings (SSSR count). The van der Waals surface area contributed by atoms with Crippen molar-refractivity contribution in [3.05, 3.63) is 0 Å². The van der Waals surface area contributed by atoms with Crippen LogP contribution in [0.5, 0.6) is 18.0 Å². The molecule has 0 aromatic carbocycles. The van der Waals surface area contributed by atoms with Gasteiger partial charge in [-0.15, -0.1) is 15.0 Å². The molecular weight excluding hydrogens is 315 g/mol. The van der Waals surface area contributed by atoms with Gasteiger partial charge in [-0.25, -0.2) is 0 Å². The molecule has 1 heterocycles. The third-order valence-corrected chi connectivity index (χ3v) is 3.04. The Labute approximate surface area is 128 Å². The lowest BCUT2D eigenvalue weighted by Gasteiger charge is -2.10. The van der Waals surface area contributed by atoms with Crippen LogP contribution in [0.4, 0.5) is 0 Å². The normalized spacial score (nSPS) is 12.5. The first kappa shape index (κ1) is 18.0. The zero-order valence-corrected chi connectivity index (χ0v) is 13.8. The van der Waals surface area contributed by atoms with Crippen LogP contribution in [0.3, 0.4) is 0 Å². The number of esters is 1. The van der Waals surface area contributed by atoms with Gasteiger partial charge in [-0.3, -0.25) is 4.79 Å². The van der Waals surface area contributed by atoms with E-state index >= 15 is 0 Å². The molecule has 0 fully saturated rings. The second-order valence-electron chi connectivity index (χ2n) is 4.28. The van der Waals surface area contributed by atoms with E-state index in [1.54, 1.807) is 13.8 Å². The third-order valence-electron chi connectivity index (χ3n) is 2.11. The average molecular weight is 333 g/mol. The van der Waals surface area contributed by atoms with Crippen LogP contribution in [0.1, 0.15) is 20.8 Å². The summed E-state index contributed by atoms with van der Waals surface area (Å²) in [4.78, 5) is 22.9. The van der Waals surface area contributed by atoms with E-state index in [9.17, 15) is 9.36 Å². The highest BCUT2D eigenvalue weighted by Crippen LogP contribution is 2.23. The Morgan fingerprint density at radius 3 is 2.00 bits per heavy atom. The van der Waals surface area contributed by atoms with Crippen molar-refractivity contribution < 1.29 is 28.1 Å². The lowest BCUT2D eigenvalue weighted by molar-refractivity contribution is -0.148. The third kappa shape index (κ3) is 5.74. The molecule has 11 heteroatoms. The van der Waals surface area contributed by atoms with Gasteiger partial charge in [0.15, 0.2) is 0 Å². The molecule has 2 atom stereocenters. The maximum atomic E-state index is 11.8. The van der Waals surface area contributed by atoms with Crippen molar-refractivity contribution in [2.24, 2.45) is 0 Å². The van der Waals surface area contributed by atoms with E-state index in [1.807, 2.05) is 0 Å². The molecule has 1 N–H and O–H groups in total. The molecule has 0 saturated heterocycles. The van der Waals surface area contributed by atoms with E-state index in [1.165, 1.54) is 21.1 Å². The minimum atomic E-state index is -2.45. The second-order valence-corrected chi connectivity index (χ2v) is 5.23. The Kier molecular flexibility index (Phi) is 6.87. The van der Waals surface area contributed by atoms with E-state index < -0.39 is 20.2 Å². The maximum absolute atomic E-state index is 11.8. The number of aromatic nitrogens is 3. The fraction of sp³-hybridized carbons (Fsp3) is 0.636. The molecule has 0 aliphatic rings. The van der Waals surface area contributed by atoms with Gasteiger partial charge in [-0.05, 0) is 20.8 Å². The van der Waals surface area contributed by atoms with E-state index in [2.05, 4.69) is 20.0 Å². The summed E-state index contributed by atoms with van der Waals surface area (Å²) in [6, 6.07) is -1.20. The Morgan fingerprint density at radius 1 is 1.05 bits per heavy atom. The van der Waals surface area contributed by atoms with Gasteiger partial charge in [0.1, 0.15) is 6.04 Å². The van der Waals surface area contributed by atoms with Crippen molar-refractivity contribution >= 4 is 14.1 Å². The highest BCUT2D eigenvalue weighted by atomic mass is 31.1. The predicted molar refractivity (Wildman–Crippen MR) is 75.0 cm³/mol. The fourth-order valence-corrected chi connectivity index (χ4v) is 1.89. The molecule has 22 heavy (non-hydrogen) atoms. The molecule has 0 aliphatic carbocycles. The topological polar surface area (TPSA) is 122 Å². The predicted octanol–water partition coefficient (Wildman–Crippen LogP) is 0.855. The van der Waals surface area contributed by atoms with Crippen LogP contribution in [0, 0.1) is 0 Å².